The van der Waals surface area contributed by atoms with Crippen molar-refractivity contribution in [2.45, 2.75) is 19.8 Å². The Hall–Kier alpha value is -1.42. The smallest absolute Gasteiger partial charge is 0.256 e. The lowest BCUT2D eigenvalue weighted by Crippen LogP contribution is -2.46. The molecule has 1 aliphatic rings. The van der Waals surface area contributed by atoms with Crippen LogP contribution >= 0.6 is 0 Å². The van der Waals surface area contributed by atoms with E-state index in [9.17, 15) is 9.18 Å². The second-order valence-electron chi connectivity index (χ2n) is 4.61. The quantitative estimate of drug-likeness (QED) is 0.887. The van der Waals surface area contributed by atoms with E-state index >= 15 is 0 Å². The molecule has 2 rings (SSSR count). The molecule has 0 aromatic heterocycles. The normalized spacial score (nSPS) is 15.8. The van der Waals surface area contributed by atoms with Gasteiger partial charge >= 0.3 is 0 Å². The van der Waals surface area contributed by atoms with Crippen LogP contribution in [-0.2, 0) is 6.42 Å². The topological polar surface area (TPSA) is 32.3 Å². The number of hydrogen-bond donors (Lipinski definition) is 1. The third kappa shape index (κ3) is 2.88. The minimum atomic E-state index is -0.399. The van der Waals surface area contributed by atoms with Gasteiger partial charge in [0.2, 0.25) is 0 Å². The molecule has 0 spiro atoms. The van der Waals surface area contributed by atoms with Gasteiger partial charge in [-0.2, -0.15) is 0 Å². The van der Waals surface area contributed by atoms with Crippen LogP contribution in [0.4, 0.5) is 4.39 Å². The highest BCUT2D eigenvalue weighted by molar-refractivity contribution is 5.94. The summed E-state index contributed by atoms with van der Waals surface area (Å²) >= 11 is 0. The van der Waals surface area contributed by atoms with Crippen molar-refractivity contribution >= 4 is 5.91 Å². The van der Waals surface area contributed by atoms with Crippen LogP contribution in [-0.4, -0.2) is 37.0 Å². The van der Waals surface area contributed by atoms with Gasteiger partial charge in [-0.1, -0.05) is 19.4 Å². The molecule has 1 fully saturated rings. The highest BCUT2D eigenvalue weighted by Crippen LogP contribution is 2.14. The Balaban J connectivity index is 2.14. The van der Waals surface area contributed by atoms with Gasteiger partial charge in [0.15, 0.2) is 0 Å². The number of amides is 1. The summed E-state index contributed by atoms with van der Waals surface area (Å²) in [7, 11) is 0. The molecule has 0 aliphatic carbocycles. The van der Waals surface area contributed by atoms with Crippen LogP contribution in [0.1, 0.15) is 29.3 Å². The SMILES string of the molecule is CCCc1ccc(C(=O)N2CCNCC2)c(F)c1. The Kier molecular flexibility index (Phi) is 4.31. The zero-order valence-corrected chi connectivity index (χ0v) is 10.7. The average Bonchev–Trinajstić information content (AvgIpc) is 2.40. The first-order valence-electron chi connectivity index (χ1n) is 6.50. The summed E-state index contributed by atoms with van der Waals surface area (Å²) in [6, 6.07) is 4.95. The molecule has 0 saturated carbocycles. The van der Waals surface area contributed by atoms with Gasteiger partial charge < -0.3 is 10.2 Å². The first-order valence-corrected chi connectivity index (χ1v) is 6.50. The first kappa shape index (κ1) is 13.0. The van der Waals surface area contributed by atoms with Crippen molar-refractivity contribution in [2.75, 3.05) is 26.2 Å². The van der Waals surface area contributed by atoms with E-state index in [-0.39, 0.29) is 11.5 Å². The summed E-state index contributed by atoms with van der Waals surface area (Å²) in [4.78, 5) is 13.9. The van der Waals surface area contributed by atoms with Gasteiger partial charge in [0.25, 0.3) is 5.91 Å². The minimum absolute atomic E-state index is 0.191. The van der Waals surface area contributed by atoms with Crippen LogP contribution in [0, 0.1) is 5.82 Å². The highest BCUT2D eigenvalue weighted by atomic mass is 19.1. The van der Waals surface area contributed by atoms with Gasteiger partial charge in [0.1, 0.15) is 5.82 Å². The van der Waals surface area contributed by atoms with E-state index in [2.05, 4.69) is 12.2 Å². The molecule has 1 N–H and O–H groups in total. The minimum Gasteiger partial charge on any atom is -0.336 e. The summed E-state index contributed by atoms with van der Waals surface area (Å²) in [6.07, 6.45) is 1.82. The van der Waals surface area contributed by atoms with Crippen molar-refractivity contribution in [1.29, 1.82) is 0 Å². The number of hydrogen-bond acceptors (Lipinski definition) is 2. The number of carbonyl (C=O) groups excluding carboxylic acids is 1. The molecule has 3 nitrogen and oxygen atoms in total. The van der Waals surface area contributed by atoms with Gasteiger partial charge in [0, 0.05) is 26.2 Å². The first-order chi connectivity index (χ1) is 8.72. The molecule has 1 amide bonds. The van der Waals surface area contributed by atoms with Crippen LogP contribution in [0.2, 0.25) is 0 Å². The van der Waals surface area contributed by atoms with Crippen LogP contribution in [0.25, 0.3) is 0 Å². The van der Waals surface area contributed by atoms with Crippen molar-refractivity contribution in [2.24, 2.45) is 0 Å². The second-order valence-corrected chi connectivity index (χ2v) is 4.61. The Bertz CT molecular complexity index is 428. The summed E-state index contributed by atoms with van der Waals surface area (Å²) in [5.41, 5.74) is 1.14. The van der Waals surface area contributed by atoms with E-state index in [1.807, 2.05) is 6.07 Å². The Morgan fingerprint density at radius 1 is 1.39 bits per heavy atom. The largest absolute Gasteiger partial charge is 0.336 e. The molecule has 1 aromatic carbocycles. The van der Waals surface area contributed by atoms with Crippen LogP contribution in [0.3, 0.4) is 0 Å². The summed E-state index contributed by atoms with van der Waals surface area (Å²) in [6.45, 7) is 4.91. The molecule has 18 heavy (non-hydrogen) atoms. The van der Waals surface area contributed by atoms with Gasteiger partial charge in [-0.3, -0.25) is 4.79 Å². The predicted octanol–water partition coefficient (Wildman–Crippen LogP) is 1.82. The second kappa shape index (κ2) is 5.96. The van der Waals surface area contributed by atoms with Gasteiger partial charge in [-0.05, 0) is 24.1 Å². The lowest BCUT2D eigenvalue weighted by atomic mass is 10.1. The fourth-order valence-electron chi connectivity index (χ4n) is 2.21. The third-order valence-electron chi connectivity index (χ3n) is 3.21. The fraction of sp³-hybridized carbons (Fsp3) is 0.500. The maximum absolute atomic E-state index is 13.9. The number of benzene rings is 1. The van der Waals surface area contributed by atoms with Crippen LogP contribution < -0.4 is 5.32 Å². The lowest BCUT2D eigenvalue weighted by Gasteiger charge is -2.27. The Labute approximate surface area is 107 Å². The van der Waals surface area contributed by atoms with Crippen LogP contribution in [0.5, 0.6) is 0 Å². The molecule has 1 aliphatic heterocycles. The number of nitrogens with one attached hydrogen (secondary N) is 1. The number of aryl methyl sites for hydroxylation is 1. The molecule has 0 unspecified atom stereocenters. The molecule has 4 heteroatoms. The number of nitrogens with zero attached hydrogens (tertiary/aromatic N) is 1. The fourth-order valence-corrected chi connectivity index (χ4v) is 2.21. The van der Waals surface area contributed by atoms with E-state index < -0.39 is 5.82 Å². The standard InChI is InChI=1S/C14H19FN2O/c1-2-3-11-4-5-12(13(15)10-11)14(18)17-8-6-16-7-9-17/h4-5,10,16H,2-3,6-9H2,1H3. The van der Waals surface area contributed by atoms with E-state index in [0.717, 1.165) is 31.5 Å². The monoisotopic (exact) mass is 250 g/mol. The van der Waals surface area contributed by atoms with E-state index in [1.54, 1.807) is 11.0 Å². The molecule has 0 atom stereocenters. The summed E-state index contributed by atoms with van der Waals surface area (Å²) in [5.74, 6) is -0.596. The van der Waals surface area contributed by atoms with Crippen molar-refractivity contribution in [3.05, 3.63) is 35.1 Å². The maximum Gasteiger partial charge on any atom is 0.256 e. The zero-order valence-electron chi connectivity index (χ0n) is 10.7. The molecule has 98 valence electrons. The van der Waals surface area contributed by atoms with Crippen molar-refractivity contribution < 1.29 is 9.18 Å². The summed E-state index contributed by atoms with van der Waals surface area (Å²) in [5, 5.41) is 3.17. The zero-order chi connectivity index (χ0) is 13.0. The number of rotatable bonds is 3. The number of halogens is 1. The highest BCUT2D eigenvalue weighted by Gasteiger charge is 2.20. The molecule has 1 aromatic rings. The molecule has 0 radical (unpaired) electrons. The van der Waals surface area contributed by atoms with Crippen LogP contribution in [0.15, 0.2) is 18.2 Å². The molecule has 0 bridgehead atoms. The van der Waals surface area contributed by atoms with E-state index in [4.69, 9.17) is 0 Å². The molecule has 1 heterocycles. The van der Waals surface area contributed by atoms with Gasteiger partial charge in [-0.25, -0.2) is 4.39 Å². The molecular weight excluding hydrogens is 231 g/mol. The van der Waals surface area contributed by atoms with E-state index in [1.165, 1.54) is 6.07 Å². The molecule has 1 saturated heterocycles. The summed E-state index contributed by atoms with van der Waals surface area (Å²) < 4.78 is 13.9. The lowest BCUT2D eigenvalue weighted by molar-refractivity contribution is 0.0731. The Morgan fingerprint density at radius 3 is 2.72 bits per heavy atom. The third-order valence-corrected chi connectivity index (χ3v) is 3.21. The van der Waals surface area contributed by atoms with E-state index in [0.29, 0.717) is 13.1 Å². The van der Waals surface area contributed by atoms with Crippen molar-refractivity contribution in [1.82, 2.24) is 10.2 Å². The number of piperazine rings is 1. The van der Waals surface area contributed by atoms with Gasteiger partial charge in [-0.15, -0.1) is 0 Å². The maximum atomic E-state index is 13.9. The predicted molar refractivity (Wildman–Crippen MR) is 69.2 cm³/mol. The van der Waals surface area contributed by atoms with Crippen molar-refractivity contribution in [3.63, 3.8) is 0 Å². The van der Waals surface area contributed by atoms with Crippen molar-refractivity contribution in [3.8, 4) is 0 Å². The average molecular weight is 250 g/mol. The molecular formula is C14H19FN2O. The number of carbonyl (C=O) groups is 1. The van der Waals surface area contributed by atoms with Gasteiger partial charge in [0.05, 0.1) is 5.56 Å². The Morgan fingerprint density at radius 2 is 2.11 bits per heavy atom.